The van der Waals surface area contributed by atoms with Gasteiger partial charge in [0.15, 0.2) is 0 Å². The smallest absolute Gasteiger partial charge is 0.253 e. The number of rotatable bonds is 5. The lowest BCUT2D eigenvalue weighted by Gasteiger charge is -2.15. The highest BCUT2D eigenvalue weighted by atomic mass is 16.5. The average molecular weight is 339 g/mol. The first-order valence-corrected chi connectivity index (χ1v) is 8.72. The van der Waals surface area contributed by atoms with E-state index >= 15 is 0 Å². The number of carbonyl (C=O) groups excluding carboxylic acids is 1. The van der Waals surface area contributed by atoms with E-state index in [1.54, 1.807) is 12.4 Å². The molecule has 0 aliphatic carbocycles. The van der Waals surface area contributed by atoms with E-state index in [0.29, 0.717) is 12.1 Å². The molecule has 0 bridgehead atoms. The van der Waals surface area contributed by atoms with Gasteiger partial charge in [-0.05, 0) is 50.8 Å². The predicted molar refractivity (Wildman–Crippen MR) is 99.5 cm³/mol. The van der Waals surface area contributed by atoms with Gasteiger partial charge in [-0.3, -0.25) is 9.78 Å². The lowest BCUT2D eigenvalue weighted by atomic mass is 10.0. The van der Waals surface area contributed by atoms with Crippen LogP contribution in [-0.4, -0.2) is 30.1 Å². The molecule has 5 heteroatoms. The fraction of sp³-hybridized carbons (Fsp3) is 0.400. The van der Waals surface area contributed by atoms with Gasteiger partial charge in [0.25, 0.3) is 5.91 Å². The van der Waals surface area contributed by atoms with Crippen molar-refractivity contribution in [2.75, 3.05) is 18.5 Å². The van der Waals surface area contributed by atoms with Crippen molar-refractivity contribution in [3.8, 4) is 0 Å². The van der Waals surface area contributed by atoms with Crippen molar-refractivity contribution in [3.63, 3.8) is 0 Å². The third kappa shape index (κ3) is 4.37. The van der Waals surface area contributed by atoms with Crippen molar-refractivity contribution in [1.82, 2.24) is 10.3 Å². The fourth-order valence-corrected chi connectivity index (χ4v) is 3.27. The van der Waals surface area contributed by atoms with Crippen molar-refractivity contribution in [2.45, 2.75) is 39.7 Å². The average Bonchev–Trinajstić information content (AvgIpc) is 3.10. The van der Waals surface area contributed by atoms with Crippen molar-refractivity contribution >= 4 is 17.3 Å². The number of hydrogen-bond acceptors (Lipinski definition) is 4. The maximum Gasteiger partial charge on any atom is 0.253 e. The SMILES string of the molecule is Cc1cc(C)c(Nc2cncc(C(=O)NCC3CCCO3)c2)c(C)c1. The van der Waals surface area contributed by atoms with Gasteiger partial charge in [0.2, 0.25) is 0 Å². The highest BCUT2D eigenvalue weighted by Crippen LogP contribution is 2.26. The molecule has 3 rings (SSSR count). The summed E-state index contributed by atoms with van der Waals surface area (Å²) in [5.74, 6) is -0.121. The van der Waals surface area contributed by atoms with Gasteiger partial charge < -0.3 is 15.4 Å². The van der Waals surface area contributed by atoms with Crippen LogP contribution in [0.5, 0.6) is 0 Å². The van der Waals surface area contributed by atoms with Crippen LogP contribution in [0.3, 0.4) is 0 Å². The Labute approximate surface area is 148 Å². The zero-order chi connectivity index (χ0) is 17.8. The molecule has 1 aromatic carbocycles. The molecular formula is C20H25N3O2. The Morgan fingerprint density at radius 1 is 1.20 bits per heavy atom. The van der Waals surface area contributed by atoms with Crippen molar-refractivity contribution in [1.29, 1.82) is 0 Å². The normalized spacial score (nSPS) is 16.7. The number of aromatic nitrogens is 1. The van der Waals surface area contributed by atoms with Crippen LogP contribution in [0.15, 0.2) is 30.6 Å². The quantitative estimate of drug-likeness (QED) is 0.873. The minimum atomic E-state index is -0.121. The molecular weight excluding hydrogens is 314 g/mol. The zero-order valence-electron chi connectivity index (χ0n) is 15.1. The number of benzene rings is 1. The lowest BCUT2D eigenvalue weighted by Crippen LogP contribution is -2.31. The van der Waals surface area contributed by atoms with E-state index in [0.717, 1.165) is 30.8 Å². The highest BCUT2D eigenvalue weighted by Gasteiger charge is 2.17. The van der Waals surface area contributed by atoms with Crippen LogP contribution in [-0.2, 0) is 4.74 Å². The van der Waals surface area contributed by atoms with E-state index in [9.17, 15) is 4.79 Å². The minimum Gasteiger partial charge on any atom is -0.376 e. The van der Waals surface area contributed by atoms with E-state index in [1.807, 2.05) is 6.07 Å². The van der Waals surface area contributed by atoms with Crippen molar-refractivity contribution < 1.29 is 9.53 Å². The van der Waals surface area contributed by atoms with Crippen LogP contribution in [0, 0.1) is 20.8 Å². The molecule has 0 saturated carbocycles. The molecule has 1 amide bonds. The Kier molecular flexibility index (Phi) is 5.34. The number of ether oxygens (including phenoxy) is 1. The van der Waals surface area contributed by atoms with Gasteiger partial charge in [0.1, 0.15) is 0 Å². The molecule has 1 atom stereocenters. The van der Waals surface area contributed by atoms with Gasteiger partial charge in [0, 0.05) is 25.0 Å². The fourth-order valence-electron chi connectivity index (χ4n) is 3.27. The Bertz CT molecular complexity index is 744. The molecule has 132 valence electrons. The summed E-state index contributed by atoms with van der Waals surface area (Å²) in [6, 6.07) is 6.11. The second-order valence-corrected chi connectivity index (χ2v) is 6.71. The highest BCUT2D eigenvalue weighted by molar-refractivity contribution is 5.94. The first-order valence-electron chi connectivity index (χ1n) is 8.72. The number of amides is 1. The second-order valence-electron chi connectivity index (χ2n) is 6.71. The van der Waals surface area contributed by atoms with Gasteiger partial charge in [-0.15, -0.1) is 0 Å². The van der Waals surface area contributed by atoms with Crippen LogP contribution < -0.4 is 10.6 Å². The summed E-state index contributed by atoms with van der Waals surface area (Å²) >= 11 is 0. The largest absolute Gasteiger partial charge is 0.376 e. The molecule has 2 aromatic rings. The maximum atomic E-state index is 12.4. The molecule has 0 spiro atoms. The topological polar surface area (TPSA) is 63.2 Å². The summed E-state index contributed by atoms with van der Waals surface area (Å²) in [7, 11) is 0. The minimum absolute atomic E-state index is 0.121. The number of nitrogens with zero attached hydrogens (tertiary/aromatic N) is 1. The second kappa shape index (κ2) is 7.66. The number of carbonyl (C=O) groups is 1. The first-order chi connectivity index (χ1) is 12.0. The van der Waals surface area contributed by atoms with E-state index in [2.05, 4.69) is 48.5 Å². The summed E-state index contributed by atoms with van der Waals surface area (Å²) in [6.45, 7) is 7.58. The Morgan fingerprint density at radius 3 is 2.64 bits per heavy atom. The number of nitrogens with one attached hydrogen (secondary N) is 2. The van der Waals surface area contributed by atoms with Gasteiger partial charge in [-0.25, -0.2) is 0 Å². The molecule has 25 heavy (non-hydrogen) atoms. The number of anilines is 2. The molecule has 0 radical (unpaired) electrons. The third-order valence-electron chi connectivity index (χ3n) is 4.46. The monoisotopic (exact) mass is 339 g/mol. The molecule has 1 aliphatic heterocycles. The van der Waals surface area contributed by atoms with Crippen LogP contribution in [0.1, 0.15) is 39.9 Å². The van der Waals surface area contributed by atoms with Crippen molar-refractivity contribution in [3.05, 3.63) is 52.8 Å². The summed E-state index contributed by atoms with van der Waals surface area (Å²) in [4.78, 5) is 16.6. The number of pyridine rings is 1. The van der Waals surface area contributed by atoms with Gasteiger partial charge in [0.05, 0.1) is 23.6 Å². The molecule has 2 N–H and O–H groups in total. The van der Waals surface area contributed by atoms with E-state index in [-0.39, 0.29) is 12.0 Å². The Hall–Kier alpha value is -2.40. The molecule has 5 nitrogen and oxygen atoms in total. The standard InChI is InChI=1S/C20H25N3O2/c1-13-7-14(2)19(15(3)8-13)23-17-9-16(10-21-11-17)20(24)22-12-18-5-4-6-25-18/h7-11,18,23H,4-6,12H2,1-3H3,(H,22,24). The van der Waals surface area contributed by atoms with Gasteiger partial charge in [-0.2, -0.15) is 0 Å². The first kappa shape index (κ1) is 17.4. The van der Waals surface area contributed by atoms with Crippen LogP contribution >= 0.6 is 0 Å². The lowest BCUT2D eigenvalue weighted by molar-refractivity contribution is 0.0857. The summed E-state index contributed by atoms with van der Waals surface area (Å²) in [5, 5.41) is 6.32. The number of aryl methyl sites for hydroxylation is 3. The molecule has 1 aliphatic rings. The van der Waals surface area contributed by atoms with Gasteiger partial charge in [-0.1, -0.05) is 17.7 Å². The van der Waals surface area contributed by atoms with E-state index < -0.39 is 0 Å². The van der Waals surface area contributed by atoms with Crippen LogP contribution in [0.25, 0.3) is 0 Å². The summed E-state index contributed by atoms with van der Waals surface area (Å²) in [5.41, 5.74) is 5.99. The third-order valence-corrected chi connectivity index (χ3v) is 4.46. The molecule has 1 aromatic heterocycles. The molecule has 2 heterocycles. The van der Waals surface area contributed by atoms with Crippen LogP contribution in [0.2, 0.25) is 0 Å². The molecule has 1 fully saturated rings. The Morgan fingerprint density at radius 2 is 1.96 bits per heavy atom. The van der Waals surface area contributed by atoms with Crippen molar-refractivity contribution in [2.24, 2.45) is 0 Å². The zero-order valence-corrected chi connectivity index (χ0v) is 15.1. The van der Waals surface area contributed by atoms with Crippen LogP contribution in [0.4, 0.5) is 11.4 Å². The summed E-state index contributed by atoms with van der Waals surface area (Å²) in [6.07, 6.45) is 5.53. The molecule has 1 saturated heterocycles. The maximum absolute atomic E-state index is 12.4. The van der Waals surface area contributed by atoms with Gasteiger partial charge >= 0.3 is 0 Å². The van der Waals surface area contributed by atoms with E-state index in [4.69, 9.17) is 4.74 Å². The number of hydrogen-bond donors (Lipinski definition) is 2. The van der Waals surface area contributed by atoms with E-state index in [1.165, 1.54) is 16.7 Å². The Balaban J connectivity index is 1.70. The predicted octanol–water partition coefficient (Wildman–Crippen LogP) is 3.66. The summed E-state index contributed by atoms with van der Waals surface area (Å²) < 4.78 is 5.54. The molecule has 1 unspecified atom stereocenters.